The van der Waals surface area contributed by atoms with Crippen LogP contribution in [0.1, 0.15) is 0 Å². The van der Waals surface area contributed by atoms with Gasteiger partial charge in [-0.2, -0.15) is 0 Å². The zero-order valence-electron chi connectivity index (χ0n) is 39.8. The molecule has 0 radical (unpaired) electrons. The van der Waals surface area contributed by atoms with Crippen LogP contribution in [0.5, 0.6) is 0 Å². The predicted octanol–water partition coefficient (Wildman–Crippen LogP) is 15.9. The molecule has 0 N–H and O–H groups in total. The maximum Gasteiger partial charge on any atom is 0.164 e. The maximum absolute atomic E-state index is 4.97. The maximum atomic E-state index is 4.97. The highest BCUT2D eigenvalue weighted by Gasteiger charge is 2.20. The first kappa shape index (κ1) is 42.7. The summed E-state index contributed by atoms with van der Waals surface area (Å²) in [6.07, 6.45) is 0. The van der Waals surface area contributed by atoms with Gasteiger partial charge in [-0.1, -0.05) is 218 Å². The van der Waals surface area contributed by atoms with Gasteiger partial charge in [-0.15, -0.1) is 0 Å². The molecule has 0 saturated carbocycles. The Labute approximate surface area is 426 Å². The second-order valence-corrected chi connectivity index (χ2v) is 18.4. The molecule has 346 valence electrons. The Kier molecular flexibility index (Phi) is 10.3. The molecule has 0 aliphatic rings. The highest BCUT2D eigenvalue weighted by molar-refractivity contribution is 6.13. The van der Waals surface area contributed by atoms with Crippen LogP contribution >= 0.6 is 0 Å². The number of hydrogen-bond donors (Lipinski definition) is 0. The molecule has 0 spiro atoms. The lowest BCUT2D eigenvalue weighted by atomic mass is 10.0. The van der Waals surface area contributed by atoms with Crippen LogP contribution in [0.4, 0.5) is 0 Å². The Hall–Kier alpha value is -10.2. The summed E-state index contributed by atoms with van der Waals surface area (Å²) in [5.41, 5.74) is 14.6. The van der Waals surface area contributed by atoms with Crippen LogP contribution in [-0.4, -0.2) is 39.3 Å². The van der Waals surface area contributed by atoms with Gasteiger partial charge < -0.3 is 0 Å². The third-order valence-corrected chi connectivity index (χ3v) is 13.8. The first-order chi connectivity index (χ1) is 36.7. The van der Waals surface area contributed by atoms with Gasteiger partial charge in [0.05, 0.1) is 22.1 Å². The summed E-state index contributed by atoms with van der Waals surface area (Å²) in [7, 11) is 0. The van der Waals surface area contributed by atoms with Gasteiger partial charge in [-0.05, 0) is 58.7 Å². The van der Waals surface area contributed by atoms with Crippen LogP contribution < -0.4 is 0 Å². The molecule has 0 unspecified atom stereocenters. The molecular weight excluding hydrogens is 905 g/mol. The van der Waals surface area contributed by atoms with E-state index in [9.17, 15) is 0 Å². The van der Waals surface area contributed by atoms with Crippen molar-refractivity contribution in [2.75, 3.05) is 0 Å². The van der Waals surface area contributed by atoms with E-state index < -0.39 is 0 Å². The summed E-state index contributed by atoms with van der Waals surface area (Å²) in [5, 5.41) is 4.71. The first-order valence-electron chi connectivity index (χ1n) is 24.7. The summed E-state index contributed by atoms with van der Waals surface area (Å²) in [5.74, 6) is 3.83. The van der Waals surface area contributed by atoms with Gasteiger partial charge in [0, 0.05) is 54.9 Å². The topological polar surface area (TPSA) is 87.2 Å². The minimum absolute atomic E-state index is 0.630. The van der Waals surface area contributed by atoms with E-state index in [1.165, 1.54) is 21.5 Å². The van der Waals surface area contributed by atoms with Gasteiger partial charge in [0.1, 0.15) is 0 Å². The molecule has 0 atom stereocenters. The fourth-order valence-electron chi connectivity index (χ4n) is 10.2. The minimum Gasteiger partial charge on any atom is -0.248 e. The Bertz CT molecular complexity index is 3980. The van der Waals surface area contributed by atoms with Gasteiger partial charge in [0.2, 0.25) is 0 Å². The van der Waals surface area contributed by atoms with Crippen molar-refractivity contribution in [2.45, 2.75) is 0 Å². The molecule has 8 heteroatoms. The zero-order valence-corrected chi connectivity index (χ0v) is 39.8. The van der Waals surface area contributed by atoms with Crippen LogP contribution in [0, 0.1) is 0 Å². The highest BCUT2D eigenvalue weighted by atomic mass is 15.5. The molecule has 0 aliphatic carbocycles. The van der Waals surface area contributed by atoms with E-state index in [2.05, 4.69) is 143 Å². The fourth-order valence-corrected chi connectivity index (χ4v) is 10.2. The van der Waals surface area contributed by atoms with Crippen molar-refractivity contribution < 1.29 is 0 Å². The van der Waals surface area contributed by atoms with Gasteiger partial charge in [0.15, 0.2) is 34.9 Å². The molecule has 4 heterocycles. The van der Waals surface area contributed by atoms with Crippen molar-refractivity contribution in [2.24, 2.45) is 0 Å². The summed E-state index contributed by atoms with van der Waals surface area (Å²) >= 11 is 0. The average molecular weight is 947 g/mol. The fraction of sp³-hybridized carbons (Fsp3) is 0. The van der Waals surface area contributed by atoms with Crippen molar-refractivity contribution >= 4 is 43.6 Å². The largest absolute Gasteiger partial charge is 0.248 e. The Morgan fingerprint density at radius 1 is 0.176 bits per heavy atom. The van der Waals surface area contributed by atoms with Gasteiger partial charge >= 0.3 is 0 Å². The first-order valence-corrected chi connectivity index (χ1v) is 24.7. The monoisotopic (exact) mass is 946 g/mol. The second-order valence-electron chi connectivity index (χ2n) is 18.4. The smallest absolute Gasteiger partial charge is 0.164 e. The van der Waals surface area contributed by atoms with Gasteiger partial charge in [0.25, 0.3) is 0 Å². The lowest BCUT2D eigenvalue weighted by molar-refractivity contribution is 0.775. The Balaban J connectivity index is 0.824. The summed E-state index contributed by atoms with van der Waals surface area (Å²) in [4.78, 5) is 29.6. The summed E-state index contributed by atoms with van der Waals surface area (Å²) in [6, 6.07) is 88.5. The number of hydrogen-bond acceptors (Lipinski definition) is 6. The van der Waals surface area contributed by atoms with Crippen LogP contribution in [0.3, 0.4) is 0 Å². The minimum atomic E-state index is 0.630. The Morgan fingerprint density at radius 3 is 0.716 bits per heavy atom. The molecule has 8 nitrogen and oxygen atoms in total. The van der Waals surface area contributed by atoms with Crippen molar-refractivity contribution in [1.82, 2.24) is 39.3 Å². The van der Waals surface area contributed by atoms with E-state index in [0.29, 0.717) is 34.9 Å². The number of para-hydroxylation sites is 2. The van der Waals surface area contributed by atoms with Crippen LogP contribution in [0.15, 0.2) is 255 Å². The van der Waals surface area contributed by atoms with Crippen molar-refractivity contribution in [3.05, 3.63) is 255 Å². The SMILES string of the molecule is c1ccc(-c2nc(-c3ccccc3)nc(-c3ccc(-c4ccc5c(c4)c4ccccc4n5-n4c5ccccc5c5cc(-c6ccc(-c7nc(-c8ccccc8)nc(-c8ccccc8)n7)cc6)ccc54)cc3)n2)cc1. The lowest BCUT2D eigenvalue weighted by Gasteiger charge is -2.14. The van der Waals surface area contributed by atoms with E-state index >= 15 is 0 Å². The molecule has 14 aromatic rings. The van der Waals surface area contributed by atoms with Gasteiger partial charge in [-0.3, -0.25) is 0 Å². The van der Waals surface area contributed by atoms with Crippen molar-refractivity contribution in [3.8, 4) is 90.6 Å². The van der Waals surface area contributed by atoms with E-state index in [1.807, 2.05) is 121 Å². The molecular formula is C66H42N8. The number of fused-ring (bicyclic) bond motifs is 6. The van der Waals surface area contributed by atoms with Gasteiger partial charge in [-0.25, -0.2) is 39.3 Å². The average Bonchev–Trinajstić information content (AvgIpc) is 3.99. The highest BCUT2D eigenvalue weighted by Crippen LogP contribution is 2.39. The molecule has 0 bridgehead atoms. The summed E-state index contributed by atoms with van der Waals surface area (Å²) < 4.78 is 4.77. The van der Waals surface area contributed by atoms with E-state index in [-0.39, 0.29) is 0 Å². The molecule has 0 amide bonds. The standard InChI is InChI=1S/C66H42N8/c1-5-17-45(18-6-1)61-67-62(46-19-7-2-8-20-46)70-65(69-61)49-33-29-43(30-34-49)51-37-39-59-55(41-51)53-25-13-15-27-57(53)73(59)74-58-28-16-14-26-54(58)56-42-52(38-40-60(56)74)44-31-35-50(36-32-44)66-71-63(47-21-9-3-10-22-47)68-64(72-66)48-23-11-4-12-24-48/h1-42H. The van der Waals surface area contributed by atoms with E-state index in [4.69, 9.17) is 29.9 Å². The predicted molar refractivity (Wildman–Crippen MR) is 300 cm³/mol. The quantitative estimate of drug-likeness (QED) is 0.143. The number of nitrogens with zero attached hydrogens (tertiary/aromatic N) is 8. The normalized spacial score (nSPS) is 11.5. The lowest BCUT2D eigenvalue weighted by Crippen LogP contribution is -2.08. The van der Waals surface area contributed by atoms with Crippen molar-refractivity contribution in [1.29, 1.82) is 0 Å². The molecule has 0 fully saturated rings. The third-order valence-electron chi connectivity index (χ3n) is 13.8. The van der Waals surface area contributed by atoms with E-state index in [0.717, 1.165) is 77.7 Å². The number of benzene rings is 10. The molecule has 10 aromatic carbocycles. The third kappa shape index (κ3) is 7.57. The van der Waals surface area contributed by atoms with Crippen molar-refractivity contribution in [3.63, 3.8) is 0 Å². The number of aromatic nitrogens is 8. The van der Waals surface area contributed by atoms with Crippen LogP contribution in [0.2, 0.25) is 0 Å². The van der Waals surface area contributed by atoms with E-state index in [1.54, 1.807) is 0 Å². The second kappa shape index (κ2) is 17.9. The zero-order chi connectivity index (χ0) is 49.0. The Morgan fingerprint density at radius 2 is 0.405 bits per heavy atom. The molecule has 0 saturated heterocycles. The molecule has 14 rings (SSSR count). The molecule has 0 aliphatic heterocycles. The van der Waals surface area contributed by atoms with Crippen LogP contribution in [-0.2, 0) is 0 Å². The van der Waals surface area contributed by atoms with Crippen LogP contribution in [0.25, 0.3) is 134 Å². The summed E-state index contributed by atoms with van der Waals surface area (Å²) in [6.45, 7) is 0. The molecule has 4 aromatic heterocycles. The number of rotatable bonds is 9. The molecule has 74 heavy (non-hydrogen) atoms.